The van der Waals surface area contributed by atoms with Crippen molar-refractivity contribution >= 4 is 0 Å². The third-order valence-electron chi connectivity index (χ3n) is 3.63. The van der Waals surface area contributed by atoms with Gasteiger partial charge in [0.1, 0.15) is 0 Å². The molecule has 1 aliphatic rings. The minimum absolute atomic E-state index is 0.428. The summed E-state index contributed by atoms with van der Waals surface area (Å²) >= 11 is 0. The molecule has 6 heteroatoms. The molecular weight excluding hydrogens is 242 g/mol. The second-order valence-electron chi connectivity index (χ2n) is 5.03. The fraction of sp³-hybridized carbons (Fsp3) is 0.615. The fourth-order valence-electron chi connectivity index (χ4n) is 2.68. The minimum atomic E-state index is 0.428. The van der Waals surface area contributed by atoms with E-state index in [1.54, 1.807) is 0 Å². The molecule has 3 rings (SSSR count). The Labute approximate surface area is 112 Å². The molecule has 102 valence electrons. The predicted molar refractivity (Wildman–Crippen MR) is 69.3 cm³/mol. The second kappa shape index (κ2) is 5.13. The highest BCUT2D eigenvalue weighted by atomic mass is 16.5. The van der Waals surface area contributed by atoms with Crippen LogP contribution in [-0.2, 0) is 20.0 Å². The fourth-order valence-corrected chi connectivity index (χ4v) is 2.68. The average molecular weight is 261 g/mol. The standard InChI is InChI=1S/C13H19N5O/c1-3-13-15-12(16-19-13)9-18-6-4-5-11(18)10-7-14-17(2)8-10/h7-8,11H,3-6,9H2,1-2H3/t11-/m1/s1. The second-order valence-corrected chi connectivity index (χ2v) is 5.03. The molecule has 0 radical (unpaired) electrons. The van der Waals surface area contributed by atoms with Crippen molar-refractivity contribution in [2.45, 2.75) is 38.8 Å². The van der Waals surface area contributed by atoms with Crippen LogP contribution in [0.5, 0.6) is 0 Å². The Balaban J connectivity index is 1.72. The summed E-state index contributed by atoms with van der Waals surface area (Å²) in [5.74, 6) is 1.50. The predicted octanol–water partition coefficient (Wildman–Crippen LogP) is 1.70. The highest BCUT2D eigenvalue weighted by molar-refractivity contribution is 5.12. The largest absolute Gasteiger partial charge is 0.339 e. The van der Waals surface area contributed by atoms with E-state index < -0.39 is 0 Å². The molecule has 0 bridgehead atoms. The highest BCUT2D eigenvalue weighted by Gasteiger charge is 2.28. The summed E-state index contributed by atoms with van der Waals surface area (Å²) in [7, 11) is 1.95. The van der Waals surface area contributed by atoms with Crippen LogP contribution in [-0.4, -0.2) is 31.4 Å². The first kappa shape index (κ1) is 12.3. The first-order chi connectivity index (χ1) is 9.26. The Morgan fingerprint density at radius 3 is 3.05 bits per heavy atom. The zero-order chi connectivity index (χ0) is 13.2. The molecule has 1 fully saturated rings. The minimum Gasteiger partial charge on any atom is -0.339 e. The van der Waals surface area contributed by atoms with Crippen LogP contribution >= 0.6 is 0 Å². The normalized spacial score (nSPS) is 20.2. The number of aromatic nitrogens is 4. The van der Waals surface area contributed by atoms with Gasteiger partial charge in [-0.3, -0.25) is 9.58 Å². The molecule has 6 nitrogen and oxygen atoms in total. The smallest absolute Gasteiger partial charge is 0.226 e. The van der Waals surface area contributed by atoms with Gasteiger partial charge in [0.15, 0.2) is 5.82 Å². The van der Waals surface area contributed by atoms with Gasteiger partial charge in [-0.1, -0.05) is 12.1 Å². The van der Waals surface area contributed by atoms with Crippen LogP contribution in [0.15, 0.2) is 16.9 Å². The zero-order valence-corrected chi connectivity index (χ0v) is 11.4. The number of aryl methyl sites for hydroxylation is 2. The number of likely N-dealkylation sites (tertiary alicyclic amines) is 1. The van der Waals surface area contributed by atoms with Gasteiger partial charge in [0.05, 0.1) is 12.7 Å². The molecule has 0 saturated carbocycles. The summed E-state index contributed by atoms with van der Waals surface area (Å²) in [6.07, 6.45) is 7.22. The van der Waals surface area contributed by atoms with Crippen molar-refractivity contribution in [3.05, 3.63) is 29.7 Å². The molecule has 0 aromatic carbocycles. The summed E-state index contributed by atoms with van der Waals surface area (Å²) < 4.78 is 7.02. The Morgan fingerprint density at radius 1 is 1.47 bits per heavy atom. The molecule has 19 heavy (non-hydrogen) atoms. The summed E-state index contributed by atoms with van der Waals surface area (Å²) in [6, 6.07) is 0.428. The van der Waals surface area contributed by atoms with Crippen molar-refractivity contribution < 1.29 is 4.52 Å². The van der Waals surface area contributed by atoms with Crippen LogP contribution in [0.1, 0.15) is 43.1 Å². The zero-order valence-electron chi connectivity index (χ0n) is 11.4. The molecule has 0 unspecified atom stereocenters. The van der Waals surface area contributed by atoms with Crippen LogP contribution in [0, 0.1) is 0 Å². The van der Waals surface area contributed by atoms with E-state index in [0.717, 1.165) is 25.3 Å². The van der Waals surface area contributed by atoms with E-state index in [4.69, 9.17) is 4.52 Å². The topological polar surface area (TPSA) is 60.0 Å². The van der Waals surface area contributed by atoms with Gasteiger partial charge in [0.25, 0.3) is 0 Å². The van der Waals surface area contributed by atoms with E-state index in [1.165, 1.54) is 18.4 Å². The first-order valence-corrected chi connectivity index (χ1v) is 6.80. The van der Waals surface area contributed by atoms with Crippen LogP contribution < -0.4 is 0 Å². The Kier molecular flexibility index (Phi) is 3.33. The molecule has 1 saturated heterocycles. The van der Waals surface area contributed by atoms with Crippen LogP contribution in [0.25, 0.3) is 0 Å². The van der Waals surface area contributed by atoms with Gasteiger partial charge < -0.3 is 4.52 Å². The van der Waals surface area contributed by atoms with Gasteiger partial charge in [-0.25, -0.2) is 0 Å². The molecule has 2 aromatic rings. The SMILES string of the molecule is CCc1nc(CN2CCC[C@@H]2c2cnn(C)c2)no1. The van der Waals surface area contributed by atoms with Crippen molar-refractivity contribution in [1.29, 1.82) is 0 Å². The molecule has 0 aliphatic carbocycles. The maximum atomic E-state index is 5.16. The van der Waals surface area contributed by atoms with Crippen molar-refractivity contribution in [2.24, 2.45) is 7.05 Å². The van der Waals surface area contributed by atoms with Crippen LogP contribution in [0.2, 0.25) is 0 Å². The number of rotatable bonds is 4. The van der Waals surface area contributed by atoms with Crippen LogP contribution in [0.4, 0.5) is 0 Å². The molecule has 0 N–H and O–H groups in total. The maximum Gasteiger partial charge on any atom is 0.226 e. The Bertz CT molecular complexity index is 547. The third-order valence-corrected chi connectivity index (χ3v) is 3.63. The van der Waals surface area contributed by atoms with Gasteiger partial charge >= 0.3 is 0 Å². The number of nitrogens with zero attached hydrogens (tertiary/aromatic N) is 5. The molecule has 3 heterocycles. The van der Waals surface area contributed by atoms with E-state index in [1.807, 2.05) is 24.9 Å². The van der Waals surface area contributed by atoms with Crippen molar-refractivity contribution in [3.8, 4) is 0 Å². The number of hydrogen-bond acceptors (Lipinski definition) is 5. The first-order valence-electron chi connectivity index (χ1n) is 6.80. The molecule has 2 aromatic heterocycles. The lowest BCUT2D eigenvalue weighted by Gasteiger charge is -2.21. The van der Waals surface area contributed by atoms with Crippen LogP contribution in [0.3, 0.4) is 0 Å². The molecular formula is C13H19N5O. The monoisotopic (exact) mass is 261 g/mol. The summed E-state index contributed by atoms with van der Waals surface area (Å²) in [5.41, 5.74) is 1.28. The number of hydrogen-bond donors (Lipinski definition) is 0. The lowest BCUT2D eigenvalue weighted by Crippen LogP contribution is -2.23. The lowest BCUT2D eigenvalue weighted by atomic mass is 10.1. The van der Waals surface area contributed by atoms with Crippen molar-refractivity contribution in [2.75, 3.05) is 6.54 Å². The van der Waals surface area contributed by atoms with E-state index in [9.17, 15) is 0 Å². The summed E-state index contributed by atoms with van der Waals surface area (Å²) in [6.45, 7) is 3.85. The van der Waals surface area contributed by atoms with E-state index in [-0.39, 0.29) is 0 Å². The third kappa shape index (κ3) is 2.53. The van der Waals surface area contributed by atoms with E-state index in [2.05, 4.69) is 26.3 Å². The summed E-state index contributed by atoms with van der Waals surface area (Å²) in [5, 5.41) is 8.30. The van der Waals surface area contributed by atoms with Gasteiger partial charge in [-0.05, 0) is 19.4 Å². The molecule has 0 amide bonds. The van der Waals surface area contributed by atoms with Crippen molar-refractivity contribution in [3.63, 3.8) is 0 Å². The van der Waals surface area contributed by atoms with Crippen molar-refractivity contribution in [1.82, 2.24) is 24.8 Å². The average Bonchev–Trinajstić information content (AvgIpc) is 3.10. The van der Waals surface area contributed by atoms with Gasteiger partial charge in [0.2, 0.25) is 5.89 Å². The van der Waals surface area contributed by atoms with E-state index >= 15 is 0 Å². The Hall–Kier alpha value is -1.69. The van der Waals surface area contributed by atoms with E-state index in [0.29, 0.717) is 11.9 Å². The molecule has 1 aliphatic heterocycles. The lowest BCUT2D eigenvalue weighted by molar-refractivity contribution is 0.238. The molecule has 1 atom stereocenters. The summed E-state index contributed by atoms with van der Waals surface area (Å²) in [4.78, 5) is 6.79. The highest BCUT2D eigenvalue weighted by Crippen LogP contribution is 2.32. The maximum absolute atomic E-state index is 5.16. The van der Waals surface area contributed by atoms with Gasteiger partial charge in [-0.2, -0.15) is 10.1 Å². The molecule has 0 spiro atoms. The quantitative estimate of drug-likeness (QED) is 0.838. The van der Waals surface area contributed by atoms with Gasteiger partial charge in [0, 0.05) is 31.3 Å². The Morgan fingerprint density at radius 2 is 2.37 bits per heavy atom. The van der Waals surface area contributed by atoms with Gasteiger partial charge in [-0.15, -0.1) is 0 Å².